The second kappa shape index (κ2) is 8.44. The number of ether oxygens (including phenoxy) is 1. The molecule has 28 heavy (non-hydrogen) atoms. The molecule has 0 aliphatic carbocycles. The molecule has 0 saturated carbocycles. The lowest BCUT2D eigenvalue weighted by molar-refractivity contribution is -0.139. The molecule has 0 radical (unpaired) electrons. The van der Waals surface area contributed by atoms with Gasteiger partial charge in [0.15, 0.2) is 6.10 Å². The van der Waals surface area contributed by atoms with Crippen molar-refractivity contribution >= 4 is 16.7 Å². The van der Waals surface area contributed by atoms with E-state index in [0.29, 0.717) is 0 Å². The van der Waals surface area contributed by atoms with Crippen LogP contribution in [0.3, 0.4) is 0 Å². The van der Waals surface area contributed by atoms with Crippen LogP contribution >= 0.6 is 0 Å². The molecular formula is C24H26N2O2. The molecule has 3 aromatic rings. The summed E-state index contributed by atoms with van der Waals surface area (Å²) in [4.78, 5) is 17.2. The number of hydrogen-bond donors (Lipinski definition) is 0. The van der Waals surface area contributed by atoms with Crippen molar-refractivity contribution in [3.05, 3.63) is 78.4 Å². The quantitative estimate of drug-likeness (QED) is 0.678. The van der Waals surface area contributed by atoms with Crippen molar-refractivity contribution in [2.75, 3.05) is 26.2 Å². The van der Waals surface area contributed by atoms with Gasteiger partial charge in [-0.3, -0.25) is 9.69 Å². The van der Waals surface area contributed by atoms with Crippen LogP contribution in [0.25, 0.3) is 10.8 Å². The van der Waals surface area contributed by atoms with Crippen LogP contribution in [0.1, 0.15) is 12.5 Å². The maximum Gasteiger partial charge on any atom is 0.263 e. The monoisotopic (exact) mass is 374 g/mol. The van der Waals surface area contributed by atoms with Crippen molar-refractivity contribution in [1.82, 2.24) is 9.80 Å². The van der Waals surface area contributed by atoms with Gasteiger partial charge in [0.2, 0.25) is 0 Å². The smallest absolute Gasteiger partial charge is 0.263 e. The van der Waals surface area contributed by atoms with E-state index in [1.54, 1.807) is 0 Å². The van der Waals surface area contributed by atoms with Crippen molar-refractivity contribution in [3.8, 4) is 5.75 Å². The zero-order chi connectivity index (χ0) is 19.3. The number of fused-ring (bicyclic) bond motifs is 1. The Morgan fingerprint density at radius 2 is 1.57 bits per heavy atom. The lowest BCUT2D eigenvalue weighted by Gasteiger charge is -2.36. The summed E-state index contributed by atoms with van der Waals surface area (Å²) in [5, 5.41) is 2.16. The first-order valence-electron chi connectivity index (χ1n) is 9.90. The molecule has 4 heteroatoms. The van der Waals surface area contributed by atoms with Crippen LogP contribution in [-0.2, 0) is 11.3 Å². The summed E-state index contributed by atoms with van der Waals surface area (Å²) in [5.41, 5.74) is 1.31. The second-order valence-corrected chi connectivity index (χ2v) is 7.32. The fourth-order valence-electron chi connectivity index (χ4n) is 3.76. The summed E-state index contributed by atoms with van der Waals surface area (Å²) in [6.45, 7) is 6.05. The molecule has 0 bridgehead atoms. The molecule has 0 aromatic heterocycles. The number of benzene rings is 3. The first-order valence-corrected chi connectivity index (χ1v) is 9.90. The lowest BCUT2D eigenvalue weighted by Crippen LogP contribution is -2.51. The van der Waals surface area contributed by atoms with Crippen LogP contribution in [-0.4, -0.2) is 48.0 Å². The predicted molar refractivity (Wildman–Crippen MR) is 112 cm³/mol. The van der Waals surface area contributed by atoms with Crippen LogP contribution in [0, 0.1) is 0 Å². The van der Waals surface area contributed by atoms with E-state index in [4.69, 9.17) is 4.74 Å². The molecule has 1 fully saturated rings. The molecule has 1 aliphatic rings. The predicted octanol–water partition coefficient (Wildman–Crippen LogP) is 3.95. The van der Waals surface area contributed by atoms with Gasteiger partial charge in [-0.15, -0.1) is 0 Å². The number of nitrogens with zero attached hydrogens (tertiary/aromatic N) is 2. The number of carbonyl (C=O) groups excluding carboxylic acids is 1. The molecule has 4 nitrogen and oxygen atoms in total. The van der Waals surface area contributed by atoms with Gasteiger partial charge in [0.25, 0.3) is 5.91 Å². The van der Waals surface area contributed by atoms with Gasteiger partial charge in [-0.2, -0.15) is 0 Å². The largest absolute Gasteiger partial charge is 0.480 e. The van der Waals surface area contributed by atoms with Crippen molar-refractivity contribution < 1.29 is 9.53 Å². The number of amides is 1. The first-order chi connectivity index (χ1) is 13.7. The maximum atomic E-state index is 12.9. The Labute approximate surface area is 166 Å². The second-order valence-electron chi connectivity index (χ2n) is 7.32. The zero-order valence-corrected chi connectivity index (χ0v) is 16.3. The molecular weight excluding hydrogens is 348 g/mol. The Morgan fingerprint density at radius 3 is 2.36 bits per heavy atom. The Balaban J connectivity index is 1.34. The summed E-state index contributed by atoms with van der Waals surface area (Å²) in [6, 6.07) is 24.5. The third-order valence-electron chi connectivity index (χ3n) is 5.33. The summed E-state index contributed by atoms with van der Waals surface area (Å²) in [5.74, 6) is 0.828. The lowest BCUT2D eigenvalue weighted by atomic mass is 10.1. The molecule has 144 valence electrons. The van der Waals surface area contributed by atoms with Gasteiger partial charge in [-0.1, -0.05) is 66.7 Å². The minimum atomic E-state index is -0.494. The molecule has 1 atom stereocenters. The minimum Gasteiger partial charge on any atom is -0.480 e. The van der Waals surface area contributed by atoms with Crippen LogP contribution in [0.5, 0.6) is 5.75 Å². The van der Waals surface area contributed by atoms with Crippen molar-refractivity contribution in [3.63, 3.8) is 0 Å². The van der Waals surface area contributed by atoms with Gasteiger partial charge in [0.1, 0.15) is 5.75 Å². The van der Waals surface area contributed by atoms with E-state index in [0.717, 1.165) is 49.2 Å². The maximum absolute atomic E-state index is 12.9. The Hall–Kier alpha value is -2.85. The van der Waals surface area contributed by atoms with Gasteiger partial charge in [-0.05, 0) is 23.9 Å². The van der Waals surface area contributed by atoms with Gasteiger partial charge in [0.05, 0.1) is 0 Å². The fraction of sp³-hybridized carbons (Fsp3) is 0.292. The molecule has 4 rings (SSSR count). The fourth-order valence-corrected chi connectivity index (χ4v) is 3.76. The third kappa shape index (κ3) is 4.18. The number of piperazine rings is 1. The topological polar surface area (TPSA) is 32.8 Å². The van der Waals surface area contributed by atoms with E-state index in [2.05, 4.69) is 41.3 Å². The number of hydrogen-bond acceptors (Lipinski definition) is 3. The van der Waals surface area contributed by atoms with E-state index in [1.165, 1.54) is 5.56 Å². The standard InChI is InChI=1S/C24H26N2O2/c1-19(28-23-13-7-11-21-10-5-6-12-22(21)23)24(27)26-16-14-25(15-17-26)18-20-8-3-2-4-9-20/h2-13,19H,14-18H2,1H3/t19-/m0/s1. The highest BCUT2D eigenvalue weighted by Gasteiger charge is 2.26. The molecule has 1 saturated heterocycles. The molecule has 1 amide bonds. The molecule has 3 aromatic carbocycles. The van der Waals surface area contributed by atoms with Crippen LogP contribution in [0.2, 0.25) is 0 Å². The molecule has 0 unspecified atom stereocenters. The van der Waals surface area contributed by atoms with Crippen LogP contribution < -0.4 is 4.74 Å². The first kappa shape index (κ1) is 18.5. The summed E-state index contributed by atoms with van der Waals surface area (Å²) >= 11 is 0. The van der Waals surface area contributed by atoms with Gasteiger partial charge in [0, 0.05) is 38.1 Å². The van der Waals surface area contributed by atoms with Crippen molar-refractivity contribution in [2.45, 2.75) is 19.6 Å². The highest BCUT2D eigenvalue weighted by Crippen LogP contribution is 2.26. The van der Waals surface area contributed by atoms with E-state index < -0.39 is 6.10 Å². The summed E-state index contributed by atoms with van der Waals surface area (Å²) < 4.78 is 6.06. The Bertz CT molecular complexity index is 928. The van der Waals surface area contributed by atoms with Gasteiger partial charge in [-0.25, -0.2) is 0 Å². The minimum absolute atomic E-state index is 0.0623. The van der Waals surface area contributed by atoms with Gasteiger partial charge < -0.3 is 9.64 Å². The molecule has 0 N–H and O–H groups in total. The number of carbonyl (C=O) groups is 1. The van der Waals surface area contributed by atoms with Crippen LogP contribution in [0.15, 0.2) is 72.8 Å². The Kier molecular flexibility index (Phi) is 5.58. The SMILES string of the molecule is C[C@H](Oc1cccc2ccccc12)C(=O)N1CCN(Cc2ccccc2)CC1. The molecule has 1 heterocycles. The highest BCUT2D eigenvalue weighted by molar-refractivity contribution is 5.89. The van der Waals surface area contributed by atoms with E-state index in [1.807, 2.05) is 48.2 Å². The normalized spacial score (nSPS) is 16.1. The van der Waals surface area contributed by atoms with E-state index in [9.17, 15) is 4.79 Å². The molecule has 1 aliphatic heterocycles. The number of rotatable bonds is 5. The van der Waals surface area contributed by atoms with E-state index in [-0.39, 0.29) is 5.91 Å². The van der Waals surface area contributed by atoms with Crippen LogP contribution in [0.4, 0.5) is 0 Å². The highest BCUT2D eigenvalue weighted by atomic mass is 16.5. The van der Waals surface area contributed by atoms with Crippen molar-refractivity contribution in [2.24, 2.45) is 0 Å². The average molecular weight is 374 g/mol. The Morgan fingerprint density at radius 1 is 0.893 bits per heavy atom. The zero-order valence-electron chi connectivity index (χ0n) is 16.3. The summed E-state index contributed by atoms with van der Waals surface area (Å²) in [7, 11) is 0. The van der Waals surface area contributed by atoms with Gasteiger partial charge >= 0.3 is 0 Å². The van der Waals surface area contributed by atoms with Crippen molar-refractivity contribution in [1.29, 1.82) is 0 Å². The third-order valence-corrected chi connectivity index (χ3v) is 5.33. The average Bonchev–Trinajstić information content (AvgIpc) is 2.75. The summed E-state index contributed by atoms with van der Waals surface area (Å²) in [6.07, 6.45) is -0.494. The van der Waals surface area contributed by atoms with E-state index >= 15 is 0 Å². The molecule has 0 spiro atoms.